The Kier molecular flexibility index (Phi) is 5.24. The van der Waals surface area contributed by atoms with Gasteiger partial charge in [-0.15, -0.1) is 0 Å². The number of aromatic hydroxyl groups is 1. The maximum absolute atomic E-state index is 10.4. The number of hydrogen-bond donors (Lipinski definition) is 1. The van der Waals surface area contributed by atoms with Crippen molar-refractivity contribution in [2.45, 2.75) is 19.3 Å². The van der Waals surface area contributed by atoms with Crippen LogP contribution in [-0.2, 0) is 0 Å². The van der Waals surface area contributed by atoms with Crippen molar-refractivity contribution in [3.8, 4) is 5.75 Å². The van der Waals surface area contributed by atoms with Crippen LogP contribution in [0.1, 0.15) is 19.3 Å². The number of benzene rings is 1. The van der Waals surface area contributed by atoms with Crippen molar-refractivity contribution in [1.82, 2.24) is 4.90 Å². The number of nitro benzene ring substituents is 3. The molecular weight excluding hydrogens is 324 g/mol. The molecule has 1 N–H and O–H groups in total. The summed E-state index contributed by atoms with van der Waals surface area (Å²) in [4.78, 5) is 30.4. The van der Waals surface area contributed by atoms with Crippen LogP contribution in [-0.4, -0.2) is 44.4 Å². The van der Waals surface area contributed by atoms with Gasteiger partial charge in [-0.05, 0) is 44.8 Å². The van der Waals surface area contributed by atoms with E-state index in [1.54, 1.807) is 0 Å². The normalized spacial score (nSPS) is 21.5. The van der Waals surface area contributed by atoms with Crippen molar-refractivity contribution in [1.29, 1.82) is 0 Å². The second-order valence-electron chi connectivity index (χ2n) is 5.68. The quantitative estimate of drug-likeness (QED) is 0.649. The summed E-state index contributed by atoms with van der Waals surface area (Å²) < 4.78 is 0. The van der Waals surface area contributed by atoms with Crippen molar-refractivity contribution in [3.63, 3.8) is 0 Å². The molecule has 0 unspecified atom stereocenters. The first kappa shape index (κ1) is 17.5. The fraction of sp³-hybridized carbons (Fsp3) is 0.538. The van der Waals surface area contributed by atoms with E-state index in [0.29, 0.717) is 12.1 Å². The molecule has 0 aromatic heterocycles. The highest BCUT2D eigenvalue weighted by Crippen LogP contribution is 2.38. The van der Waals surface area contributed by atoms with Crippen LogP contribution in [0.3, 0.4) is 0 Å². The Morgan fingerprint density at radius 3 is 1.50 bits per heavy atom. The highest BCUT2D eigenvalue weighted by Gasteiger charge is 2.30. The molecule has 0 spiro atoms. The number of piperidine rings is 3. The van der Waals surface area contributed by atoms with Gasteiger partial charge >= 0.3 is 11.4 Å². The molecule has 2 bridgehead atoms. The summed E-state index contributed by atoms with van der Waals surface area (Å²) in [7, 11) is 0. The first-order valence-electron chi connectivity index (χ1n) is 7.32. The van der Waals surface area contributed by atoms with E-state index in [2.05, 4.69) is 4.90 Å². The highest BCUT2D eigenvalue weighted by molar-refractivity contribution is 5.64. The van der Waals surface area contributed by atoms with E-state index < -0.39 is 37.6 Å². The third-order valence-corrected chi connectivity index (χ3v) is 4.22. The number of phenolic OH excluding ortho intramolecular Hbond substituents is 1. The number of nitro groups is 3. The molecule has 1 aromatic carbocycles. The van der Waals surface area contributed by atoms with Crippen molar-refractivity contribution in [2.24, 2.45) is 5.92 Å². The van der Waals surface area contributed by atoms with Gasteiger partial charge in [-0.3, -0.25) is 30.3 Å². The molecule has 0 radical (unpaired) electrons. The van der Waals surface area contributed by atoms with E-state index in [0.717, 1.165) is 5.92 Å². The number of nitrogens with zero attached hydrogens (tertiary/aromatic N) is 4. The minimum absolute atomic E-state index is 0.447. The maximum Gasteiger partial charge on any atom is 0.324 e. The number of rotatable bonds is 3. The van der Waals surface area contributed by atoms with Gasteiger partial charge in [0.25, 0.3) is 11.4 Å². The van der Waals surface area contributed by atoms with Crippen LogP contribution in [0, 0.1) is 36.3 Å². The summed E-state index contributed by atoms with van der Waals surface area (Å²) in [5.74, 6) is -0.0967. The minimum Gasteiger partial charge on any atom is -0.497 e. The smallest absolute Gasteiger partial charge is 0.324 e. The summed E-state index contributed by atoms with van der Waals surface area (Å²) in [5.41, 5.74) is -3.00. The number of phenols is 1. The Morgan fingerprint density at radius 1 is 0.875 bits per heavy atom. The third kappa shape index (κ3) is 3.93. The average Bonchev–Trinajstić information content (AvgIpc) is 2.56. The third-order valence-electron chi connectivity index (χ3n) is 4.22. The SMILES string of the molecule is C1CN2CCC1CC2.O=[N+]([O-])c1cc([N+](=O)[O-])c(O)c([N+](=O)[O-])c1. The molecule has 130 valence electrons. The monoisotopic (exact) mass is 340 g/mol. The maximum atomic E-state index is 10.4. The fourth-order valence-corrected chi connectivity index (χ4v) is 2.84. The topological polar surface area (TPSA) is 153 Å². The standard InChI is InChI=1S/C7H13N.C6H3N3O7/c1-4-8-5-2-7(1)3-6-8;10-6-4(8(13)14)1-3(7(11)12)2-5(6)9(15)16/h7H,1-6H2;1-2,10H. The van der Waals surface area contributed by atoms with Crippen LogP contribution < -0.4 is 0 Å². The zero-order valence-electron chi connectivity index (χ0n) is 12.7. The number of fused-ring (bicyclic) bond motifs is 3. The summed E-state index contributed by atoms with van der Waals surface area (Å²) in [5, 5.41) is 40.2. The summed E-state index contributed by atoms with van der Waals surface area (Å²) in [6.07, 6.45) is 4.46. The molecule has 3 saturated heterocycles. The molecule has 3 heterocycles. The summed E-state index contributed by atoms with van der Waals surface area (Å²) >= 11 is 0. The molecule has 11 heteroatoms. The molecule has 0 saturated carbocycles. The van der Waals surface area contributed by atoms with E-state index in [4.69, 9.17) is 5.11 Å². The first-order valence-corrected chi connectivity index (χ1v) is 7.32. The molecule has 0 amide bonds. The van der Waals surface area contributed by atoms with Crippen LogP contribution in [0.15, 0.2) is 12.1 Å². The second kappa shape index (κ2) is 7.17. The van der Waals surface area contributed by atoms with E-state index in [9.17, 15) is 30.3 Å². The molecule has 0 atom stereocenters. The van der Waals surface area contributed by atoms with E-state index in [-0.39, 0.29) is 0 Å². The lowest BCUT2D eigenvalue weighted by Gasteiger charge is -2.38. The van der Waals surface area contributed by atoms with Gasteiger partial charge in [-0.1, -0.05) is 0 Å². The predicted octanol–water partition coefficient (Wildman–Crippen LogP) is 2.22. The Labute approximate surface area is 135 Å². The van der Waals surface area contributed by atoms with Crippen LogP contribution >= 0.6 is 0 Å². The molecule has 3 fully saturated rings. The molecule has 4 rings (SSSR count). The van der Waals surface area contributed by atoms with Gasteiger partial charge in [0.05, 0.1) is 26.9 Å². The molecule has 3 aliphatic rings. The lowest BCUT2D eigenvalue weighted by atomic mass is 9.89. The number of hydrogen-bond acceptors (Lipinski definition) is 8. The van der Waals surface area contributed by atoms with E-state index >= 15 is 0 Å². The van der Waals surface area contributed by atoms with Crippen molar-refractivity contribution >= 4 is 17.1 Å². The van der Waals surface area contributed by atoms with Crippen LogP contribution in [0.5, 0.6) is 5.75 Å². The molecule has 3 aliphatic heterocycles. The van der Waals surface area contributed by atoms with Gasteiger partial charge in [-0.25, -0.2) is 0 Å². The van der Waals surface area contributed by atoms with Crippen LogP contribution in [0.2, 0.25) is 0 Å². The molecule has 11 nitrogen and oxygen atoms in total. The van der Waals surface area contributed by atoms with E-state index in [1.165, 1.54) is 38.9 Å². The average molecular weight is 340 g/mol. The van der Waals surface area contributed by atoms with Gasteiger partial charge in [0.1, 0.15) is 0 Å². The Morgan fingerprint density at radius 2 is 1.29 bits per heavy atom. The molecule has 24 heavy (non-hydrogen) atoms. The van der Waals surface area contributed by atoms with Crippen molar-refractivity contribution < 1.29 is 19.9 Å². The number of non-ortho nitro benzene ring substituents is 1. The Bertz CT molecular complexity index is 612. The van der Waals surface area contributed by atoms with Crippen molar-refractivity contribution in [2.75, 3.05) is 19.6 Å². The van der Waals surface area contributed by atoms with Crippen LogP contribution in [0.25, 0.3) is 0 Å². The zero-order chi connectivity index (χ0) is 17.9. The highest BCUT2D eigenvalue weighted by atomic mass is 16.6. The van der Waals surface area contributed by atoms with Gasteiger partial charge in [0.15, 0.2) is 0 Å². The largest absolute Gasteiger partial charge is 0.497 e. The minimum atomic E-state index is -1.21. The Hall–Kier alpha value is -2.82. The second-order valence-corrected chi connectivity index (χ2v) is 5.68. The van der Waals surface area contributed by atoms with Crippen molar-refractivity contribution in [3.05, 3.63) is 42.5 Å². The Balaban J connectivity index is 0.000000214. The van der Waals surface area contributed by atoms with Crippen LogP contribution in [0.4, 0.5) is 17.1 Å². The van der Waals surface area contributed by atoms with Gasteiger partial charge in [0, 0.05) is 0 Å². The van der Waals surface area contributed by atoms with Gasteiger partial charge < -0.3 is 10.0 Å². The summed E-state index contributed by atoms with van der Waals surface area (Å²) in [6, 6.07) is 0.894. The molecular formula is C13H16N4O7. The van der Waals surface area contributed by atoms with Gasteiger partial charge in [0.2, 0.25) is 0 Å². The lowest BCUT2D eigenvalue weighted by Crippen LogP contribution is -2.41. The predicted molar refractivity (Wildman–Crippen MR) is 81.9 cm³/mol. The first-order chi connectivity index (χ1) is 11.3. The zero-order valence-corrected chi connectivity index (χ0v) is 12.7. The lowest BCUT2D eigenvalue weighted by molar-refractivity contribution is -0.404. The molecule has 1 aromatic rings. The van der Waals surface area contributed by atoms with Gasteiger partial charge in [-0.2, -0.15) is 0 Å². The molecule has 0 aliphatic carbocycles. The summed E-state index contributed by atoms with van der Waals surface area (Å²) in [6.45, 7) is 4.18. The fourth-order valence-electron chi connectivity index (χ4n) is 2.84. The van der Waals surface area contributed by atoms with E-state index in [1.807, 2.05) is 0 Å².